The van der Waals surface area contributed by atoms with Crippen molar-refractivity contribution in [1.29, 1.82) is 0 Å². The number of nitrogens with zero attached hydrogens (tertiary/aromatic N) is 1. The van der Waals surface area contributed by atoms with Gasteiger partial charge in [-0.1, -0.05) is 6.92 Å². The Morgan fingerprint density at radius 1 is 1.25 bits per heavy atom. The van der Waals surface area contributed by atoms with Gasteiger partial charge in [-0.15, -0.1) is 0 Å². The van der Waals surface area contributed by atoms with Crippen LogP contribution in [0, 0.1) is 0 Å². The number of rotatable bonds is 7. The first-order valence-corrected chi connectivity index (χ1v) is 7.84. The molecule has 0 radical (unpaired) electrons. The zero-order valence-electron chi connectivity index (χ0n) is 12.4. The predicted octanol–water partition coefficient (Wildman–Crippen LogP) is 2.65. The number of benzene rings is 1. The van der Waals surface area contributed by atoms with Crippen LogP contribution in [0.2, 0.25) is 0 Å². The maximum absolute atomic E-state index is 5.51. The van der Waals surface area contributed by atoms with Crippen molar-refractivity contribution in [3.05, 3.63) is 22.2 Å². The minimum atomic E-state index is 0.634. The number of halogens is 1. The fourth-order valence-corrected chi connectivity index (χ4v) is 2.96. The van der Waals surface area contributed by atoms with Gasteiger partial charge in [0.05, 0.1) is 18.7 Å². The Morgan fingerprint density at radius 3 is 2.45 bits per heavy atom. The highest BCUT2D eigenvalue weighted by molar-refractivity contribution is 9.10. The van der Waals surface area contributed by atoms with Gasteiger partial charge in [0.2, 0.25) is 0 Å². The molecule has 0 aromatic heterocycles. The van der Waals surface area contributed by atoms with Crippen LogP contribution in [0.15, 0.2) is 16.6 Å². The van der Waals surface area contributed by atoms with Crippen LogP contribution in [-0.2, 0) is 6.54 Å². The predicted molar refractivity (Wildman–Crippen MR) is 84.6 cm³/mol. The van der Waals surface area contributed by atoms with Crippen LogP contribution in [0.5, 0.6) is 11.5 Å². The molecule has 1 aliphatic heterocycles. The molecule has 5 heteroatoms. The van der Waals surface area contributed by atoms with E-state index in [0.717, 1.165) is 48.6 Å². The van der Waals surface area contributed by atoms with E-state index < -0.39 is 0 Å². The quantitative estimate of drug-likeness (QED) is 0.825. The molecule has 0 aliphatic carbocycles. The number of nitrogens with one attached hydrogen (secondary N) is 1. The molecule has 2 rings (SSSR count). The molecule has 1 N–H and O–H groups in total. The highest BCUT2D eigenvalue weighted by Gasteiger charge is 2.25. The largest absolute Gasteiger partial charge is 0.496 e. The minimum absolute atomic E-state index is 0.634. The molecular weight excluding hydrogens is 320 g/mol. The molecule has 1 heterocycles. The summed E-state index contributed by atoms with van der Waals surface area (Å²) in [6, 6.07) is 4.68. The third kappa shape index (κ3) is 3.45. The number of hydrogen-bond acceptors (Lipinski definition) is 4. The van der Waals surface area contributed by atoms with Crippen LogP contribution in [0.25, 0.3) is 0 Å². The lowest BCUT2D eigenvalue weighted by molar-refractivity contribution is 0.136. The summed E-state index contributed by atoms with van der Waals surface area (Å²) in [6.07, 6.45) is 1.16. The molecule has 4 nitrogen and oxygen atoms in total. The molecule has 0 unspecified atom stereocenters. The Hall–Kier alpha value is -0.780. The highest BCUT2D eigenvalue weighted by atomic mass is 79.9. The summed E-state index contributed by atoms with van der Waals surface area (Å²) in [5.41, 5.74) is 1.17. The molecule has 0 atom stereocenters. The molecule has 1 fully saturated rings. The van der Waals surface area contributed by atoms with Crippen LogP contribution >= 0.6 is 15.9 Å². The van der Waals surface area contributed by atoms with Crippen molar-refractivity contribution in [2.75, 3.05) is 33.9 Å². The summed E-state index contributed by atoms with van der Waals surface area (Å²) in [5, 5.41) is 3.34. The van der Waals surface area contributed by atoms with E-state index in [1.54, 1.807) is 14.2 Å². The van der Waals surface area contributed by atoms with Gasteiger partial charge in [-0.25, -0.2) is 0 Å². The van der Waals surface area contributed by atoms with E-state index in [2.05, 4.69) is 39.1 Å². The van der Waals surface area contributed by atoms with E-state index >= 15 is 0 Å². The standard InChI is InChI=1S/C15H23BrN2O2/c1-4-5-18(12-8-17-9-12)10-11-6-15(20-3)13(16)7-14(11)19-2/h6-7,12,17H,4-5,8-10H2,1-3H3. The van der Waals surface area contributed by atoms with Gasteiger partial charge in [-0.05, 0) is 41.0 Å². The number of ether oxygens (including phenoxy) is 2. The third-order valence-corrected chi connectivity index (χ3v) is 4.34. The van der Waals surface area contributed by atoms with Crippen molar-refractivity contribution in [3.63, 3.8) is 0 Å². The second-order valence-corrected chi connectivity index (χ2v) is 5.94. The van der Waals surface area contributed by atoms with Crippen molar-refractivity contribution >= 4 is 15.9 Å². The molecule has 0 bridgehead atoms. The van der Waals surface area contributed by atoms with Gasteiger partial charge in [0, 0.05) is 31.2 Å². The average molecular weight is 343 g/mol. The minimum Gasteiger partial charge on any atom is -0.496 e. The smallest absolute Gasteiger partial charge is 0.133 e. The van der Waals surface area contributed by atoms with Crippen LogP contribution in [-0.4, -0.2) is 44.8 Å². The van der Waals surface area contributed by atoms with E-state index in [4.69, 9.17) is 9.47 Å². The molecule has 1 aromatic rings. The van der Waals surface area contributed by atoms with E-state index in [1.807, 2.05) is 6.07 Å². The van der Waals surface area contributed by atoms with Gasteiger partial charge in [-0.3, -0.25) is 4.90 Å². The normalized spacial score (nSPS) is 15.2. The monoisotopic (exact) mass is 342 g/mol. The van der Waals surface area contributed by atoms with E-state index in [0.29, 0.717) is 6.04 Å². The molecule has 0 spiro atoms. The average Bonchev–Trinajstić information content (AvgIpc) is 2.38. The van der Waals surface area contributed by atoms with Gasteiger partial charge in [0.15, 0.2) is 0 Å². The van der Waals surface area contributed by atoms with Gasteiger partial charge in [0.1, 0.15) is 11.5 Å². The van der Waals surface area contributed by atoms with Crippen LogP contribution in [0.3, 0.4) is 0 Å². The number of methoxy groups -OCH3 is 2. The zero-order valence-corrected chi connectivity index (χ0v) is 14.0. The van der Waals surface area contributed by atoms with E-state index in [1.165, 1.54) is 5.56 Å². The Morgan fingerprint density at radius 2 is 1.95 bits per heavy atom. The topological polar surface area (TPSA) is 33.7 Å². The Kier molecular flexibility index (Phi) is 5.69. The Labute approximate surface area is 129 Å². The van der Waals surface area contributed by atoms with Crippen LogP contribution < -0.4 is 14.8 Å². The molecule has 1 saturated heterocycles. The van der Waals surface area contributed by atoms with Crippen molar-refractivity contribution in [1.82, 2.24) is 10.2 Å². The zero-order chi connectivity index (χ0) is 14.5. The van der Waals surface area contributed by atoms with Crippen LogP contribution in [0.4, 0.5) is 0 Å². The summed E-state index contributed by atoms with van der Waals surface area (Å²) in [6.45, 7) is 6.38. The maximum Gasteiger partial charge on any atom is 0.133 e. The van der Waals surface area contributed by atoms with Crippen molar-refractivity contribution in [2.45, 2.75) is 25.9 Å². The van der Waals surface area contributed by atoms with Gasteiger partial charge in [0.25, 0.3) is 0 Å². The molecule has 1 aromatic carbocycles. The fourth-order valence-electron chi connectivity index (χ4n) is 2.48. The first-order chi connectivity index (χ1) is 9.69. The second-order valence-electron chi connectivity index (χ2n) is 5.08. The molecule has 0 amide bonds. The SMILES string of the molecule is CCCN(Cc1cc(OC)c(Br)cc1OC)C1CNC1. The van der Waals surface area contributed by atoms with Crippen LogP contribution in [0.1, 0.15) is 18.9 Å². The van der Waals surface area contributed by atoms with Gasteiger partial charge >= 0.3 is 0 Å². The van der Waals surface area contributed by atoms with Crippen molar-refractivity contribution in [3.8, 4) is 11.5 Å². The first kappa shape index (κ1) is 15.6. The van der Waals surface area contributed by atoms with E-state index in [-0.39, 0.29) is 0 Å². The van der Waals surface area contributed by atoms with E-state index in [9.17, 15) is 0 Å². The molecule has 20 heavy (non-hydrogen) atoms. The molecular formula is C15H23BrN2O2. The Balaban J connectivity index is 2.20. The lowest BCUT2D eigenvalue weighted by Crippen LogP contribution is -2.56. The molecule has 112 valence electrons. The lowest BCUT2D eigenvalue weighted by Gasteiger charge is -2.38. The van der Waals surface area contributed by atoms with Gasteiger partial charge in [-0.2, -0.15) is 0 Å². The maximum atomic E-state index is 5.51. The second kappa shape index (κ2) is 7.29. The Bertz CT molecular complexity index is 450. The highest BCUT2D eigenvalue weighted by Crippen LogP contribution is 2.33. The molecule has 1 aliphatic rings. The summed E-state index contributed by atoms with van der Waals surface area (Å²) < 4.78 is 11.8. The van der Waals surface area contributed by atoms with Gasteiger partial charge < -0.3 is 14.8 Å². The summed E-state index contributed by atoms with van der Waals surface area (Å²) in [4.78, 5) is 2.52. The first-order valence-electron chi connectivity index (χ1n) is 7.04. The fraction of sp³-hybridized carbons (Fsp3) is 0.600. The summed E-state index contributed by atoms with van der Waals surface area (Å²) in [5.74, 6) is 1.76. The summed E-state index contributed by atoms with van der Waals surface area (Å²) >= 11 is 3.50. The summed E-state index contributed by atoms with van der Waals surface area (Å²) in [7, 11) is 3.41. The molecule has 0 saturated carbocycles. The van der Waals surface area contributed by atoms with Crippen molar-refractivity contribution in [2.24, 2.45) is 0 Å². The van der Waals surface area contributed by atoms with Crippen molar-refractivity contribution < 1.29 is 9.47 Å². The lowest BCUT2D eigenvalue weighted by atomic mass is 10.1. The number of hydrogen-bond donors (Lipinski definition) is 1. The third-order valence-electron chi connectivity index (χ3n) is 3.72.